The van der Waals surface area contributed by atoms with Crippen LogP contribution in [-0.2, 0) is 9.47 Å². The molecular weight excluding hydrogens is 192 g/mol. The number of esters is 1. The molecular formula is C12H14O3. The summed E-state index contributed by atoms with van der Waals surface area (Å²) < 4.78 is 10.6. The highest BCUT2D eigenvalue weighted by Crippen LogP contribution is 2.12. The Morgan fingerprint density at radius 3 is 2.80 bits per heavy atom. The molecule has 0 radical (unpaired) electrons. The number of hydrogen-bond acceptors (Lipinski definition) is 3. The molecule has 0 aliphatic carbocycles. The molecule has 0 aromatic heterocycles. The Labute approximate surface area is 89.0 Å². The molecule has 1 heterocycles. The summed E-state index contributed by atoms with van der Waals surface area (Å²) >= 11 is 0. The molecule has 0 saturated carbocycles. The van der Waals surface area contributed by atoms with Crippen molar-refractivity contribution in [2.24, 2.45) is 0 Å². The quantitative estimate of drug-likeness (QED) is 0.694. The minimum atomic E-state index is -0.258. The summed E-state index contributed by atoms with van der Waals surface area (Å²) in [6.45, 7) is 1.30. The summed E-state index contributed by atoms with van der Waals surface area (Å²) in [4.78, 5) is 11.6. The van der Waals surface area contributed by atoms with E-state index in [1.807, 2.05) is 18.2 Å². The molecule has 1 unspecified atom stereocenters. The van der Waals surface area contributed by atoms with E-state index < -0.39 is 0 Å². The van der Waals surface area contributed by atoms with Crippen molar-refractivity contribution < 1.29 is 14.3 Å². The fourth-order valence-corrected chi connectivity index (χ4v) is 1.60. The molecule has 1 saturated heterocycles. The van der Waals surface area contributed by atoms with E-state index >= 15 is 0 Å². The van der Waals surface area contributed by atoms with Crippen molar-refractivity contribution in [2.75, 3.05) is 13.2 Å². The highest BCUT2D eigenvalue weighted by atomic mass is 16.6. The van der Waals surface area contributed by atoms with E-state index in [0.717, 1.165) is 19.4 Å². The molecule has 1 atom stereocenters. The lowest BCUT2D eigenvalue weighted by molar-refractivity contribution is -0.0306. The summed E-state index contributed by atoms with van der Waals surface area (Å²) in [5, 5.41) is 0. The molecule has 80 valence electrons. The van der Waals surface area contributed by atoms with E-state index in [1.54, 1.807) is 12.1 Å². The Morgan fingerprint density at radius 1 is 1.33 bits per heavy atom. The van der Waals surface area contributed by atoms with Gasteiger partial charge in [0.05, 0.1) is 12.2 Å². The third kappa shape index (κ3) is 2.80. The summed E-state index contributed by atoms with van der Waals surface area (Å²) in [6, 6.07) is 9.04. The summed E-state index contributed by atoms with van der Waals surface area (Å²) in [7, 11) is 0. The number of ether oxygens (including phenoxy) is 2. The molecule has 0 amide bonds. The number of carbonyl (C=O) groups is 1. The smallest absolute Gasteiger partial charge is 0.338 e. The molecule has 3 heteroatoms. The van der Waals surface area contributed by atoms with E-state index in [4.69, 9.17) is 9.47 Å². The number of benzene rings is 1. The van der Waals surface area contributed by atoms with Gasteiger partial charge in [0.25, 0.3) is 0 Å². The molecule has 15 heavy (non-hydrogen) atoms. The van der Waals surface area contributed by atoms with Gasteiger partial charge in [-0.2, -0.15) is 0 Å². The molecule has 3 nitrogen and oxygen atoms in total. The Bertz CT molecular complexity index is 315. The fraction of sp³-hybridized carbons (Fsp3) is 0.417. The number of rotatable bonds is 2. The normalized spacial score (nSPS) is 20.9. The zero-order chi connectivity index (χ0) is 10.5. The number of hydrogen-bond donors (Lipinski definition) is 0. The van der Waals surface area contributed by atoms with Crippen LogP contribution in [0.25, 0.3) is 0 Å². The Hall–Kier alpha value is -1.35. The first kappa shape index (κ1) is 10.2. The zero-order valence-corrected chi connectivity index (χ0v) is 8.52. The van der Waals surface area contributed by atoms with Crippen molar-refractivity contribution in [2.45, 2.75) is 18.9 Å². The first-order valence-electron chi connectivity index (χ1n) is 5.20. The second-order valence-corrected chi connectivity index (χ2v) is 3.61. The molecule has 0 bridgehead atoms. The lowest BCUT2D eigenvalue weighted by Crippen LogP contribution is -2.28. The van der Waals surface area contributed by atoms with Gasteiger partial charge in [0.15, 0.2) is 0 Å². The van der Waals surface area contributed by atoms with Crippen molar-refractivity contribution >= 4 is 5.97 Å². The van der Waals surface area contributed by atoms with Crippen molar-refractivity contribution in [1.29, 1.82) is 0 Å². The van der Waals surface area contributed by atoms with Crippen LogP contribution in [0.15, 0.2) is 30.3 Å². The van der Waals surface area contributed by atoms with Gasteiger partial charge in [-0.3, -0.25) is 0 Å². The molecule has 1 aromatic carbocycles. The lowest BCUT2D eigenvalue weighted by atomic mass is 10.1. The van der Waals surface area contributed by atoms with Gasteiger partial charge in [0.2, 0.25) is 0 Å². The van der Waals surface area contributed by atoms with Gasteiger partial charge in [-0.15, -0.1) is 0 Å². The maximum atomic E-state index is 11.6. The topological polar surface area (TPSA) is 35.5 Å². The maximum Gasteiger partial charge on any atom is 0.338 e. The van der Waals surface area contributed by atoms with Crippen LogP contribution in [0.2, 0.25) is 0 Å². The standard InChI is InChI=1S/C12H14O3/c13-12(10-5-2-1-3-6-10)15-11-7-4-8-14-9-11/h1-3,5-6,11H,4,7-9H2. The molecule has 0 spiro atoms. The Morgan fingerprint density at radius 2 is 2.13 bits per heavy atom. The second-order valence-electron chi connectivity index (χ2n) is 3.61. The van der Waals surface area contributed by atoms with Crippen LogP contribution in [0.5, 0.6) is 0 Å². The maximum absolute atomic E-state index is 11.6. The minimum absolute atomic E-state index is 0.0774. The van der Waals surface area contributed by atoms with Crippen molar-refractivity contribution in [3.05, 3.63) is 35.9 Å². The van der Waals surface area contributed by atoms with E-state index in [-0.39, 0.29) is 12.1 Å². The van der Waals surface area contributed by atoms with Gasteiger partial charge >= 0.3 is 5.97 Å². The van der Waals surface area contributed by atoms with Crippen LogP contribution in [0, 0.1) is 0 Å². The second kappa shape index (κ2) is 4.94. The predicted molar refractivity (Wildman–Crippen MR) is 55.7 cm³/mol. The Kier molecular flexibility index (Phi) is 3.35. The van der Waals surface area contributed by atoms with Crippen LogP contribution >= 0.6 is 0 Å². The molecule has 1 aromatic rings. The van der Waals surface area contributed by atoms with Crippen LogP contribution in [-0.4, -0.2) is 25.3 Å². The van der Waals surface area contributed by atoms with Gasteiger partial charge in [0, 0.05) is 6.61 Å². The molecule has 2 rings (SSSR count). The van der Waals surface area contributed by atoms with E-state index in [0.29, 0.717) is 12.2 Å². The monoisotopic (exact) mass is 206 g/mol. The molecule has 1 aliphatic rings. The highest BCUT2D eigenvalue weighted by molar-refractivity contribution is 5.89. The lowest BCUT2D eigenvalue weighted by Gasteiger charge is -2.22. The van der Waals surface area contributed by atoms with Gasteiger partial charge in [0.1, 0.15) is 6.10 Å². The first-order valence-corrected chi connectivity index (χ1v) is 5.20. The van der Waals surface area contributed by atoms with Gasteiger partial charge in [-0.05, 0) is 25.0 Å². The molecule has 1 fully saturated rings. The van der Waals surface area contributed by atoms with Crippen LogP contribution in [0.4, 0.5) is 0 Å². The van der Waals surface area contributed by atoms with Gasteiger partial charge in [-0.25, -0.2) is 4.79 Å². The minimum Gasteiger partial charge on any atom is -0.456 e. The van der Waals surface area contributed by atoms with Gasteiger partial charge < -0.3 is 9.47 Å². The van der Waals surface area contributed by atoms with E-state index in [2.05, 4.69) is 0 Å². The third-order valence-electron chi connectivity index (χ3n) is 2.40. The van der Waals surface area contributed by atoms with Crippen LogP contribution < -0.4 is 0 Å². The summed E-state index contributed by atoms with van der Waals surface area (Å²) in [6.07, 6.45) is 1.79. The number of carbonyl (C=O) groups excluding carboxylic acids is 1. The average Bonchev–Trinajstić information content (AvgIpc) is 2.31. The first-order chi connectivity index (χ1) is 7.36. The SMILES string of the molecule is O=C(OC1CCCOC1)c1ccccc1. The predicted octanol–water partition coefficient (Wildman–Crippen LogP) is 2.02. The zero-order valence-electron chi connectivity index (χ0n) is 8.52. The molecule has 0 N–H and O–H groups in total. The largest absolute Gasteiger partial charge is 0.456 e. The average molecular weight is 206 g/mol. The van der Waals surface area contributed by atoms with Crippen LogP contribution in [0.1, 0.15) is 23.2 Å². The fourth-order valence-electron chi connectivity index (χ4n) is 1.60. The molecule has 1 aliphatic heterocycles. The van der Waals surface area contributed by atoms with E-state index in [1.165, 1.54) is 0 Å². The van der Waals surface area contributed by atoms with Crippen molar-refractivity contribution in [1.82, 2.24) is 0 Å². The highest BCUT2D eigenvalue weighted by Gasteiger charge is 2.18. The third-order valence-corrected chi connectivity index (χ3v) is 2.40. The van der Waals surface area contributed by atoms with Crippen LogP contribution in [0.3, 0.4) is 0 Å². The summed E-state index contributed by atoms with van der Waals surface area (Å²) in [5.41, 5.74) is 0.600. The summed E-state index contributed by atoms with van der Waals surface area (Å²) in [5.74, 6) is -0.258. The van der Waals surface area contributed by atoms with Gasteiger partial charge in [-0.1, -0.05) is 18.2 Å². The van der Waals surface area contributed by atoms with E-state index in [9.17, 15) is 4.79 Å². The van der Waals surface area contributed by atoms with Crippen molar-refractivity contribution in [3.8, 4) is 0 Å². The Balaban J connectivity index is 1.91. The van der Waals surface area contributed by atoms with Crippen molar-refractivity contribution in [3.63, 3.8) is 0 Å².